The number of ketones is 1. The number of amides is 1. The number of hydrogen-bond donors (Lipinski definition) is 2. The number of nitrogens with two attached hydrogens (primary N) is 1. The van der Waals surface area contributed by atoms with E-state index in [9.17, 15) is 14.4 Å². The second-order valence-electron chi connectivity index (χ2n) is 4.85. The van der Waals surface area contributed by atoms with Crippen molar-refractivity contribution in [3.63, 3.8) is 0 Å². The lowest BCUT2D eigenvalue weighted by Crippen LogP contribution is -2.19. The number of Topliss-reactive ketones (excluding diaryl/α,β-unsaturated/α-hetero) is 1. The summed E-state index contributed by atoms with van der Waals surface area (Å²) >= 11 is 0. The van der Waals surface area contributed by atoms with E-state index in [2.05, 4.69) is 5.32 Å². The molecule has 7 nitrogen and oxygen atoms in total. The van der Waals surface area contributed by atoms with Crippen LogP contribution in [-0.2, 0) is 14.3 Å². The minimum atomic E-state index is -0.780. The van der Waals surface area contributed by atoms with Gasteiger partial charge in [0, 0.05) is 12.6 Å². The number of para-hydroxylation sites is 1. The third kappa shape index (κ3) is 4.68. The van der Waals surface area contributed by atoms with E-state index in [1.165, 1.54) is 19.9 Å². The number of hydrogen-bond acceptors (Lipinski definition) is 6. The number of anilines is 1. The fourth-order valence-corrected chi connectivity index (χ4v) is 1.83. The molecular weight excluding hydrogens is 298 g/mol. The number of nitriles is 1. The highest BCUT2D eigenvalue weighted by Crippen LogP contribution is 2.21. The van der Waals surface area contributed by atoms with Crippen molar-refractivity contribution in [1.29, 1.82) is 5.26 Å². The molecule has 120 valence electrons. The molecule has 0 radical (unpaired) electrons. The first-order valence-electron chi connectivity index (χ1n) is 6.72. The van der Waals surface area contributed by atoms with E-state index in [1.54, 1.807) is 25.1 Å². The van der Waals surface area contributed by atoms with Crippen molar-refractivity contribution in [2.75, 3.05) is 11.9 Å². The SMILES string of the molecule is CC(=O)Nc1c(C)cccc1C(=O)OCC(=O)/C(C#N)=C(/C)N. The van der Waals surface area contributed by atoms with Gasteiger partial charge in [-0.2, -0.15) is 5.26 Å². The molecule has 0 spiro atoms. The Balaban J connectivity index is 2.94. The van der Waals surface area contributed by atoms with Crippen LogP contribution in [0.25, 0.3) is 0 Å². The predicted molar refractivity (Wildman–Crippen MR) is 83.3 cm³/mol. The Bertz CT molecular complexity index is 725. The second kappa shape index (κ2) is 7.75. The minimum Gasteiger partial charge on any atom is -0.454 e. The Kier molecular flexibility index (Phi) is 6.04. The Labute approximate surface area is 133 Å². The molecule has 0 aliphatic carbocycles. The summed E-state index contributed by atoms with van der Waals surface area (Å²) in [6.07, 6.45) is 0. The van der Waals surface area contributed by atoms with Crippen molar-refractivity contribution in [3.8, 4) is 6.07 Å². The van der Waals surface area contributed by atoms with Gasteiger partial charge in [-0.1, -0.05) is 12.1 Å². The van der Waals surface area contributed by atoms with E-state index >= 15 is 0 Å². The smallest absolute Gasteiger partial charge is 0.340 e. The standard InChI is InChI=1S/C16H17N3O4/c1-9-5-4-6-12(15(9)19-11(3)20)16(22)23-8-14(21)13(7-17)10(2)18/h4-6H,8,18H2,1-3H3,(H,19,20)/b13-10-. The molecule has 0 heterocycles. The van der Waals surface area contributed by atoms with Crippen LogP contribution < -0.4 is 11.1 Å². The normalized spacial score (nSPS) is 11.0. The molecule has 0 atom stereocenters. The Hall–Kier alpha value is -3.14. The Morgan fingerprint density at radius 3 is 2.48 bits per heavy atom. The molecule has 0 saturated carbocycles. The number of benzene rings is 1. The highest BCUT2D eigenvalue weighted by atomic mass is 16.5. The zero-order valence-electron chi connectivity index (χ0n) is 13.1. The van der Waals surface area contributed by atoms with E-state index in [0.29, 0.717) is 11.3 Å². The number of nitrogens with zero attached hydrogens (tertiary/aromatic N) is 1. The largest absolute Gasteiger partial charge is 0.454 e. The van der Waals surface area contributed by atoms with Gasteiger partial charge in [0.25, 0.3) is 0 Å². The van der Waals surface area contributed by atoms with Crippen molar-refractivity contribution in [2.45, 2.75) is 20.8 Å². The maximum atomic E-state index is 12.1. The van der Waals surface area contributed by atoms with Crippen molar-refractivity contribution in [2.24, 2.45) is 5.73 Å². The predicted octanol–water partition coefficient (Wildman–Crippen LogP) is 1.44. The lowest BCUT2D eigenvalue weighted by Gasteiger charge is -2.12. The summed E-state index contributed by atoms with van der Waals surface area (Å²) in [7, 11) is 0. The zero-order chi connectivity index (χ0) is 17.6. The first kappa shape index (κ1) is 17.9. The molecule has 0 fully saturated rings. The zero-order valence-corrected chi connectivity index (χ0v) is 13.1. The molecule has 0 aliphatic heterocycles. The maximum Gasteiger partial charge on any atom is 0.340 e. The third-order valence-corrected chi connectivity index (χ3v) is 2.91. The Morgan fingerprint density at radius 1 is 1.30 bits per heavy atom. The van der Waals surface area contributed by atoms with Crippen LogP contribution in [0.3, 0.4) is 0 Å². The van der Waals surface area contributed by atoms with E-state index < -0.39 is 18.4 Å². The Morgan fingerprint density at radius 2 is 1.96 bits per heavy atom. The van der Waals surface area contributed by atoms with Gasteiger partial charge in [-0.05, 0) is 25.5 Å². The van der Waals surface area contributed by atoms with Crippen LogP contribution in [-0.4, -0.2) is 24.3 Å². The topological polar surface area (TPSA) is 122 Å². The van der Waals surface area contributed by atoms with E-state index in [1.807, 2.05) is 0 Å². The third-order valence-electron chi connectivity index (χ3n) is 2.91. The molecule has 3 N–H and O–H groups in total. The molecule has 7 heteroatoms. The molecule has 0 unspecified atom stereocenters. The fourth-order valence-electron chi connectivity index (χ4n) is 1.83. The number of nitrogens with one attached hydrogen (secondary N) is 1. The molecule has 0 aliphatic rings. The quantitative estimate of drug-likeness (QED) is 0.481. The lowest BCUT2D eigenvalue weighted by atomic mass is 10.1. The summed E-state index contributed by atoms with van der Waals surface area (Å²) < 4.78 is 4.92. The average Bonchev–Trinajstić information content (AvgIpc) is 2.46. The van der Waals surface area contributed by atoms with Crippen LogP contribution in [0.15, 0.2) is 29.5 Å². The molecule has 0 saturated heterocycles. The van der Waals surface area contributed by atoms with Crippen molar-refractivity contribution in [3.05, 3.63) is 40.6 Å². The van der Waals surface area contributed by atoms with Crippen LogP contribution >= 0.6 is 0 Å². The summed E-state index contributed by atoms with van der Waals surface area (Å²) in [5.41, 5.74) is 6.35. The van der Waals surface area contributed by atoms with Gasteiger partial charge in [0.05, 0.1) is 11.3 Å². The summed E-state index contributed by atoms with van der Waals surface area (Å²) in [5, 5.41) is 11.4. The molecule has 0 bridgehead atoms. The van der Waals surface area contributed by atoms with Gasteiger partial charge in [-0.3, -0.25) is 9.59 Å². The van der Waals surface area contributed by atoms with E-state index in [4.69, 9.17) is 15.7 Å². The van der Waals surface area contributed by atoms with E-state index in [-0.39, 0.29) is 22.7 Å². The van der Waals surface area contributed by atoms with Gasteiger partial charge in [0.2, 0.25) is 11.7 Å². The summed E-state index contributed by atoms with van der Waals surface area (Å²) in [6.45, 7) is 3.85. The lowest BCUT2D eigenvalue weighted by molar-refractivity contribution is -0.118. The van der Waals surface area contributed by atoms with E-state index in [0.717, 1.165) is 0 Å². The number of carbonyl (C=O) groups is 3. The number of aryl methyl sites for hydroxylation is 1. The summed E-state index contributed by atoms with van der Waals surface area (Å²) in [4.78, 5) is 35.1. The van der Waals surface area contributed by atoms with Crippen LogP contribution in [0.1, 0.15) is 29.8 Å². The molecule has 1 amide bonds. The molecule has 1 aromatic rings. The monoisotopic (exact) mass is 315 g/mol. The van der Waals surface area contributed by atoms with Gasteiger partial charge in [-0.25, -0.2) is 4.79 Å². The first-order chi connectivity index (χ1) is 10.8. The average molecular weight is 315 g/mol. The molecule has 1 rings (SSSR count). The summed E-state index contributed by atoms with van der Waals surface area (Å²) in [6, 6.07) is 6.49. The first-order valence-corrected chi connectivity index (χ1v) is 6.72. The van der Waals surface area contributed by atoms with Gasteiger partial charge < -0.3 is 15.8 Å². The maximum absolute atomic E-state index is 12.1. The number of rotatable bonds is 5. The van der Waals surface area contributed by atoms with Crippen LogP contribution in [0, 0.1) is 18.3 Å². The van der Waals surface area contributed by atoms with Crippen molar-refractivity contribution in [1.82, 2.24) is 0 Å². The molecular formula is C16H17N3O4. The van der Waals surface area contributed by atoms with Gasteiger partial charge in [0.1, 0.15) is 11.6 Å². The van der Waals surface area contributed by atoms with Gasteiger partial charge in [-0.15, -0.1) is 0 Å². The van der Waals surface area contributed by atoms with Gasteiger partial charge in [0.15, 0.2) is 6.61 Å². The van der Waals surface area contributed by atoms with Crippen molar-refractivity contribution < 1.29 is 19.1 Å². The number of carbonyl (C=O) groups excluding carboxylic acids is 3. The minimum absolute atomic E-state index is 0.0584. The second-order valence-corrected chi connectivity index (χ2v) is 4.85. The number of esters is 1. The highest BCUT2D eigenvalue weighted by Gasteiger charge is 2.18. The molecule has 23 heavy (non-hydrogen) atoms. The summed E-state index contributed by atoms with van der Waals surface area (Å²) in [5.74, 6) is -1.80. The van der Waals surface area contributed by atoms with Crippen molar-refractivity contribution >= 4 is 23.3 Å². The highest BCUT2D eigenvalue weighted by molar-refractivity contribution is 6.04. The molecule has 1 aromatic carbocycles. The van der Waals surface area contributed by atoms with Crippen LogP contribution in [0.2, 0.25) is 0 Å². The fraction of sp³-hybridized carbons (Fsp3) is 0.250. The van der Waals surface area contributed by atoms with Crippen LogP contribution in [0.4, 0.5) is 5.69 Å². The van der Waals surface area contributed by atoms with Gasteiger partial charge >= 0.3 is 5.97 Å². The number of allylic oxidation sites excluding steroid dienone is 1. The number of ether oxygens (including phenoxy) is 1. The molecule has 0 aromatic heterocycles. The van der Waals surface area contributed by atoms with Crippen LogP contribution in [0.5, 0.6) is 0 Å².